The zero-order valence-corrected chi connectivity index (χ0v) is 16.3. The van der Waals surface area contributed by atoms with E-state index in [1.165, 1.54) is 6.20 Å². The molecule has 0 aromatic carbocycles. The first-order valence-electron chi connectivity index (χ1n) is 9.30. The molecule has 2 aliphatic heterocycles. The monoisotopic (exact) mass is 388 g/mol. The van der Waals surface area contributed by atoms with Gasteiger partial charge in [-0.3, -0.25) is 0 Å². The molecule has 144 valence electrons. The van der Waals surface area contributed by atoms with Crippen molar-refractivity contribution in [2.45, 2.75) is 24.7 Å². The molecule has 4 heterocycles. The van der Waals surface area contributed by atoms with E-state index in [-0.39, 0.29) is 4.90 Å². The number of pyridine rings is 1. The van der Waals surface area contributed by atoms with Crippen LogP contribution in [0.1, 0.15) is 18.7 Å². The van der Waals surface area contributed by atoms with Crippen LogP contribution in [0.15, 0.2) is 35.5 Å². The molecule has 2 aliphatic rings. The number of aromatic nitrogens is 3. The Hall–Kier alpha value is -2.26. The minimum Gasteiger partial charge on any atom is -0.353 e. The quantitative estimate of drug-likeness (QED) is 0.780. The van der Waals surface area contributed by atoms with E-state index in [4.69, 9.17) is 0 Å². The second-order valence-electron chi connectivity index (χ2n) is 6.90. The van der Waals surface area contributed by atoms with Gasteiger partial charge in [-0.2, -0.15) is 4.31 Å². The molecule has 4 rings (SSSR count). The predicted molar refractivity (Wildman–Crippen MR) is 103 cm³/mol. The normalized spacial score (nSPS) is 18.9. The molecule has 2 saturated heterocycles. The lowest BCUT2D eigenvalue weighted by molar-refractivity contribution is 0.477. The van der Waals surface area contributed by atoms with Crippen LogP contribution in [0.25, 0.3) is 0 Å². The summed E-state index contributed by atoms with van der Waals surface area (Å²) in [6.45, 7) is 6.41. The van der Waals surface area contributed by atoms with E-state index in [0.717, 1.165) is 56.5 Å². The zero-order valence-electron chi connectivity index (χ0n) is 15.5. The summed E-state index contributed by atoms with van der Waals surface area (Å²) >= 11 is 0. The molecule has 27 heavy (non-hydrogen) atoms. The highest BCUT2D eigenvalue weighted by Gasteiger charge is 2.28. The van der Waals surface area contributed by atoms with E-state index < -0.39 is 10.0 Å². The van der Waals surface area contributed by atoms with Crippen LogP contribution in [-0.4, -0.2) is 66.9 Å². The molecule has 9 heteroatoms. The number of anilines is 2. The fourth-order valence-corrected chi connectivity index (χ4v) is 5.04. The van der Waals surface area contributed by atoms with Gasteiger partial charge in [0, 0.05) is 51.7 Å². The minimum absolute atomic E-state index is 0.281. The summed E-state index contributed by atoms with van der Waals surface area (Å²) in [7, 11) is -3.41. The Labute approximate surface area is 159 Å². The van der Waals surface area contributed by atoms with Gasteiger partial charge in [0.25, 0.3) is 0 Å². The molecule has 8 nitrogen and oxygen atoms in total. The lowest BCUT2D eigenvalue weighted by Crippen LogP contribution is -2.47. The summed E-state index contributed by atoms with van der Waals surface area (Å²) in [6, 6.07) is 5.42. The Kier molecular flexibility index (Phi) is 4.96. The third-order valence-electron chi connectivity index (χ3n) is 5.11. The van der Waals surface area contributed by atoms with E-state index in [1.807, 2.05) is 19.1 Å². The summed E-state index contributed by atoms with van der Waals surface area (Å²) < 4.78 is 26.8. The van der Waals surface area contributed by atoms with E-state index in [1.54, 1.807) is 16.6 Å². The largest absolute Gasteiger partial charge is 0.353 e. The number of piperazine rings is 1. The summed E-state index contributed by atoms with van der Waals surface area (Å²) in [5.41, 5.74) is 0. The first-order chi connectivity index (χ1) is 13.0. The van der Waals surface area contributed by atoms with Crippen LogP contribution in [0.4, 0.5) is 11.6 Å². The molecule has 2 fully saturated rings. The fourth-order valence-electron chi connectivity index (χ4n) is 3.57. The Morgan fingerprint density at radius 2 is 1.52 bits per heavy atom. The molecule has 0 unspecified atom stereocenters. The number of aryl methyl sites for hydroxylation is 1. The van der Waals surface area contributed by atoms with Crippen LogP contribution in [0.5, 0.6) is 0 Å². The van der Waals surface area contributed by atoms with Gasteiger partial charge in [-0.1, -0.05) is 0 Å². The number of sulfonamides is 1. The van der Waals surface area contributed by atoms with Crippen molar-refractivity contribution in [3.63, 3.8) is 0 Å². The molecule has 0 aliphatic carbocycles. The smallest absolute Gasteiger partial charge is 0.244 e. The van der Waals surface area contributed by atoms with Crippen LogP contribution in [0, 0.1) is 6.92 Å². The first-order valence-corrected chi connectivity index (χ1v) is 10.7. The van der Waals surface area contributed by atoms with Crippen LogP contribution < -0.4 is 9.80 Å². The Balaban J connectivity index is 1.42. The van der Waals surface area contributed by atoms with Crippen LogP contribution in [0.2, 0.25) is 0 Å². The average Bonchev–Trinajstić information content (AvgIpc) is 3.24. The Bertz CT molecular complexity index is 888. The molecular weight excluding hydrogens is 364 g/mol. The maximum absolute atomic E-state index is 12.6. The van der Waals surface area contributed by atoms with Crippen molar-refractivity contribution in [1.29, 1.82) is 0 Å². The second-order valence-corrected chi connectivity index (χ2v) is 8.84. The number of hydrogen-bond donors (Lipinski definition) is 0. The summed E-state index contributed by atoms with van der Waals surface area (Å²) in [5, 5.41) is 0. The van der Waals surface area contributed by atoms with Crippen molar-refractivity contribution < 1.29 is 8.42 Å². The maximum Gasteiger partial charge on any atom is 0.244 e. The average molecular weight is 388 g/mol. The van der Waals surface area contributed by atoms with Crippen molar-refractivity contribution in [3.05, 3.63) is 36.4 Å². The van der Waals surface area contributed by atoms with Crippen LogP contribution >= 0.6 is 0 Å². The maximum atomic E-state index is 12.6. The van der Waals surface area contributed by atoms with Gasteiger partial charge in [-0.15, -0.1) is 0 Å². The van der Waals surface area contributed by atoms with Crippen molar-refractivity contribution in [1.82, 2.24) is 19.3 Å². The summed E-state index contributed by atoms with van der Waals surface area (Å²) in [6.07, 6.45) is 5.13. The molecular formula is C18H24N6O2S. The lowest BCUT2D eigenvalue weighted by atomic mass is 10.3. The fraction of sp³-hybridized carbons (Fsp3) is 0.500. The van der Waals surface area contributed by atoms with Crippen molar-refractivity contribution in [3.8, 4) is 0 Å². The van der Waals surface area contributed by atoms with Crippen molar-refractivity contribution >= 4 is 21.7 Å². The van der Waals surface area contributed by atoms with Gasteiger partial charge in [0.2, 0.25) is 10.0 Å². The lowest BCUT2D eigenvalue weighted by Gasteiger charge is -2.36. The minimum atomic E-state index is -3.41. The predicted octanol–water partition coefficient (Wildman–Crippen LogP) is 1.29. The van der Waals surface area contributed by atoms with Gasteiger partial charge in [0.1, 0.15) is 22.4 Å². The molecule has 0 spiro atoms. The van der Waals surface area contributed by atoms with E-state index in [9.17, 15) is 8.42 Å². The number of rotatable bonds is 4. The third-order valence-corrected chi connectivity index (χ3v) is 6.99. The van der Waals surface area contributed by atoms with Gasteiger partial charge in [-0.05, 0) is 38.0 Å². The Morgan fingerprint density at radius 3 is 2.11 bits per heavy atom. The van der Waals surface area contributed by atoms with Crippen LogP contribution in [0.3, 0.4) is 0 Å². The van der Waals surface area contributed by atoms with Gasteiger partial charge < -0.3 is 9.80 Å². The molecule has 0 amide bonds. The van der Waals surface area contributed by atoms with Gasteiger partial charge in [-0.25, -0.2) is 23.4 Å². The Morgan fingerprint density at radius 1 is 0.852 bits per heavy atom. The molecule has 0 N–H and O–H groups in total. The standard InChI is InChI=1S/C18H24N6O2S/c1-15-19-7-6-18(21-15)23-12-10-22(11-13-23)17-5-4-16(14-20-17)27(25,26)24-8-2-3-9-24/h4-7,14H,2-3,8-13H2,1H3. The summed E-state index contributed by atoms with van der Waals surface area (Å²) in [4.78, 5) is 17.7. The van der Waals surface area contributed by atoms with E-state index in [0.29, 0.717) is 13.1 Å². The van der Waals surface area contributed by atoms with Gasteiger partial charge >= 0.3 is 0 Å². The topological polar surface area (TPSA) is 82.5 Å². The molecule has 0 atom stereocenters. The molecule has 2 aromatic heterocycles. The summed E-state index contributed by atoms with van der Waals surface area (Å²) in [5.74, 6) is 2.53. The van der Waals surface area contributed by atoms with E-state index in [2.05, 4.69) is 24.8 Å². The number of hydrogen-bond acceptors (Lipinski definition) is 7. The highest BCUT2D eigenvalue weighted by atomic mass is 32.2. The van der Waals surface area contributed by atoms with Crippen molar-refractivity contribution in [2.75, 3.05) is 49.1 Å². The molecule has 2 aromatic rings. The van der Waals surface area contributed by atoms with Crippen molar-refractivity contribution in [2.24, 2.45) is 0 Å². The second kappa shape index (κ2) is 7.40. The highest BCUT2D eigenvalue weighted by Crippen LogP contribution is 2.23. The molecule has 0 saturated carbocycles. The van der Waals surface area contributed by atoms with Gasteiger partial charge in [0.05, 0.1) is 0 Å². The van der Waals surface area contributed by atoms with Gasteiger partial charge in [0.15, 0.2) is 0 Å². The van der Waals surface area contributed by atoms with Crippen LogP contribution in [-0.2, 0) is 10.0 Å². The highest BCUT2D eigenvalue weighted by molar-refractivity contribution is 7.89. The zero-order chi connectivity index (χ0) is 18.9. The first kappa shape index (κ1) is 18.1. The third kappa shape index (κ3) is 3.74. The SMILES string of the molecule is Cc1nccc(N2CCN(c3ccc(S(=O)(=O)N4CCCC4)cn3)CC2)n1. The number of nitrogens with zero attached hydrogens (tertiary/aromatic N) is 6. The molecule has 0 bridgehead atoms. The molecule has 0 radical (unpaired) electrons. The van der Waals surface area contributed by atoms with E-state index >= 15 is 0 Å².